The molecule has 3 nitrogen and oxygen atoms in total. The van der Waals surface area contributed by atoms with E-state index >= 15 is 0 Å². The normalized spacial score (nSPS) is 13.5. The Morgan fingerprint density at radius 1 is 0.857 bits per heavy atom. The van der Waals surface area contributed by atoms with E-state index in [0.29, 0.717) is 11.5 Å². The quantitative estimate of drug-likeness (QED) is 0.322. The van der Waals surface area contributed by atoms with Crippen molar-refractivity contribution in [1.29, 1.82) is 0 Å². The maximum atomic E-state index is 11.3. The van der Waals surface area contributed by atoms with Gasteiger partial charge in [-0.15, -0.1) is 0 Å². The zero-order valence-corrected chi connectivity index (χ0v) is 22.3. The van der Waals surface area contributed by atoms with Gasteiger partial charge in [0.25, 0.3) is 0 Å². The van der Waals surface area contributed by atoms with Gasteiger partial charge in [-0.2, -0.15) is 0 Å². The van der Waals surface area contributed by atoms with Crippen LogP contribution in [0.1, 0.15) is 104 Å². The monoisotopic (exact) mass is 472 g/mol. The van der Waals surface area contributed by atoms with Gasteiger partial charge in [-0.3, -0.25) is 0 Å². The number of hydrogen-bond donors (Lipinski definition) is 1. The number of rotatable bonds is 10. The molecule has 3 aromatic carbocycles. The van der Waals surface area contributed by atoms with Crippen LogP contribution in [0.15, 0.2) is 66.7 Å². The summed E-state index contributed by atoms with van der Waals surface area (Å²) in [5, 5.41) is 9.31. The van der Waals surface area contributed by atoms with Crippen molar-refractivity contribution in [3.63, 3.8) is 0 Å². The smallest absolute Gasteiger partial charge is 0.335 e. The van der Waals surface area contributed by atoms with Crippen LogP contribution in [-0.4, -0.2) is 17.2 Å². The van der Waals surface area contributed by atoms with E-state index < -0.39 is 5.97 Å². The van der Waals surface area contributed by atoms with Gasteiger partial charge in [0.1, 0.15) is 5.75 Å². The Morgan fingerprint density at radius 3 is 2.11 bits per heavy atom. The standard InChI is InChI=1S/C32H40O3/c1-21(2)35-30-20-28(32(6,7)27-15-11-22(3)12-16-27)17-18-29(30)24(5)14-13-23(4)25-9-8-10-26(19-25)31(33)34/h8-12,15-21,23-24H,13-14H2,1-7H3,(H,33,34). The van der Waals surface area contributed by atoms with Gasteiger partial charge < -0.3 is 9.84 Å². The highest BCUT2D eigenvalue weighted by Crippen LogP contribution is 2.39. The van der Waals surface area contributed by atoms with Crippen LogP contribution >= 0.6 is 0 Å². The average Bonchev–Trinajstić information content (AvgIpc) is 2.82. The predicted molar refractivity (Wildman–Crippen MR) is 145 cm³/mol. The molecule has 2 unspecified atom stereocenters. The van der Waals surface area contributed by atoms with Crippen LogP contribution in [0.2, 0.25) is 0 Å². The second-order valence-electron chi connectivity index (χ2n) is 10.7. The van der Waals surface area contributed by atoms with Crippen LogP contribution in [0.4, 0.5) is 0 Å². The lowest BCUT2D eigenvalue weighted by Crippen LogP contribution is -2.20. The van der Waals surface area contributed by atoms with Crippen molar-refractivity contribution in [3.8, 4) is 5.75 Å². The van der Waals surface area contributed by atoms with E-state index in [4.69, 9.17) is 4.74 Å². The lowest BCUT2D eigenvalue weighted by Gasteiger charge is -2.29. The zero-order valence-electron chi connectivity index (χ0n) is 22.3. The van der Waals surface area contributed by atoms with Crippen LogP contribution in [0.5, 0.6) is 5.75 Å². The summed E-state index contributed by atoms with van der Waals surface area (Å²) in [6.45, 7) is 15.2. The zero-order chi connectivity index (χ0) is 25.8. The van der Waals surface area contributed by atoms with Gasteiger partial charge in [0.05, 0.1) is 11.7 Å². The highest BCUT2D eigenvalue weighted by molar-refractivity contribution is 5.87. The van der Waals surface area contributed by atoms with Gasteiger partial charge in [-0.25, -0.2) is 4.79 Å². The summed E-state index contributed by atoms with van der Waals surface area (Å²) in [5.41, 5.74) is 6.32. The number of benzene rings is 3. The maximum Gasteiger partial charge on any atom is 0.335 e. The second kappa shape index (κ2) is 11.1. The molecule has 0 fully saturated rings. The van der Waals surface area contributed by atoms with Crippen molar-refractivity contribution in [2.24, 2.45) is 0 Å². The molecule has 0 amide bonds. The van der Waals surface area contributed by atoms with Crippen molar-refractivity contribution < 1.29 is 14.6 Å². The van der Waals surface area contributed by atoms with Gasteiger partial charge in [0.2, 0.25) is 0 Å². The Hall–Kier alpha value is -3.07. The molecule has 0 bridgehead atoms. The van der Waals surface area contributed by atoms with Crippen LogP contribution in [0.3, 0.4) is 0 Å². The van der Waals surface area contributed by atoms with E-state index in [1.54, 1.807) is 12.1 Å². The number of hydrogen-bond acceptors (Lipinski definition) is 2. The lowest BCUT2D eigenvalue weighted by atomic mass is 9.77. The fraction of sp³-hybridized carbons (Fsp3) is 0.406. The SMILES string of the molecule is Cc1ccc(C(C)(C)c2ccc(C(C)CCC(C)c3cccc(C(=O)O)c3)c(OC(C)C)c2)cc1. The number of carboxylic acid groups (broad SMARTS) is 1. The van der Waals surface area contributed by atoms with Gasteiger partial charge in [0.15, 0.2) is 0 Å². The van der Waals surface area contributed by atoms with E-state index in [1.165, 1.54) is 22.3 Å². The molecule has 0 aliphatic rings. The summed E-state index contributed by atoms with van der Waals surface area (Å²) in [4.78, 5) is 11.3. The van der Waals surface area contributed by atoms with Gasteiger partial charge in [-0.05, 0) is 85.9 Å². The molecule has 35 heavy (non-hydrogen) atoms. The van der Waals surface area contributed by atoms with E-state index in [2.05, 4.69) is 90.9 Å². The molecule has 0 heterocycles. The summed E-state index contributed by atoms with van der Waals surface area (Å²) in [5.74, 6) is 0.693. The van der Waals surface area contributed by atoms with E-state index in [9.17, 15) is 9.90 Å². The molecular formula is C32H40O3. The molecule has 2 atom stereocenters. The maximum absolute atomic E-state index is 11.3. The first kappa shape index (κ1) is 26.5. The van der Waals surface area contributed by atoms with Crippen LogP contribution in [0.25, 0.3) is 0 Å². The summed E-state index contributed by atoms with van der Waals surface area (Å²) >= 11 is 0. The fourth-order valence-corrected chi connectivity index (χ4v) is 4.62. The number of aromatic carboxylic acids is 1. The summed E-state index contributed by atoms with van der Waals surface area (Å²) < 4.78 is 6.33. The molecule has 0 radical (unpaired) electrons. The number of aryl methyl sites for hydroxylation is 1. The van der Waals surface area contributed by atoms with Crippen LogP contribution in [-0.2, 0) is 5.41 Å². The first-order chi connectivity index (χ1) is 16.5. The van der Waals surface area contributed by atoms with Crippen molar-refractivity contribution in [3.05, 3.63) is 100 Å². The summed E-state index contributed by atoms with van der Waals surface area (Å²) in [7, 11) is 0. The second-order valence-corrected chi connectivity index (χ2v) is 10.7. The Bertz CT molecular complexity index is 1140. The van der Waals surface area contributed by atoms with Gasteiger partial charge in [0, 0.05) is 5.41 Å². The highest BCUT2D eigenvalue weighted by atomic mass is 16.5. The molecular weight excluding hydrogens is 432 g/mol. The van der Waals surface area contributed by atoms with E-state index in [-0.39, 0.29) is 17.4 Å². The fourth-order valence-electron chi connectivity index (χ4n) is 4.62. The molecule has 3 heteroatoms. The number of carboxylic acids is 1. The van der Waals surface area contributed by atoms with Crippen LogP contribution < -0.4 is 4.74 Å². The third-order valence-electron chi connectivity index (χ3n) is 7.14. The first-order valence-corrected chi connectivity index (χ1v) is 12.7. The summed E-state index contributed by atoms with van der Waals surface area (Å²) in [6, 6.07) is 22.8. The predicted octanol–water partition coefficient (Wildman–Crippen LogP) is 8.49. The Labute approximate surface area is 211 Å². The Kier molecular flexibility index (Phi) is 8.43. The molecule has 1 N–H and O–H groups in total. The first-order valence-electron chi connectivity index (χ1n) is 12.7. The van der Waals surface area contributed by atoms with Gasteiger partial charge in [-0.1, -0.05) is 81.8 Å². The van der Waals surface area contributed by atoms with Crippen molar-refractivity contribution >= 4 is 5.97 Å². The topological polar surface area (TPSA) is 46.5 Å². The molecule has 186 valence electrons. The Balaban J connectivity index is 1.82. The van der Waals surface area contributed by atoms with E-state index in [0.717, 1.165) is 24.2 Å². The number of carbonyl (C=O) groups is 1. The Morgan fingerprint density at radius 2 is 1.49 bits per heavy atom. The molecule has 3 aromatic rings. The van der Waals surface area contributed by atoms with Crippen molar-refractivity contribution in [2.75, 3.05) is 0 Å². The molecule has 0 saturated heterocycles. The average molecular weight is 473 g/mol. The van der Waals surface area contributed by atoms with Crippen molar-refractivity contribution in [2.45, 2.75) is 84.7 Å². The minimum atomic E-state index is -0.878. The minimum absolute atomic E-state index is 0.0939. The van der Waals surface area contributed by atoms with Crippen LogP contribution in [0, 0.1) is 6.92 Å². The molecule has 0 aliphatic heterocycles. The number of ether oxygens (including phenoxy) is 1. The minimum Gasteiger partial charge on any atom is -0.491 e. The molecule has 0 aromatic heterocycles. The largest absolute Gasteiger partial charge is 0.491 e. The van der Waals surface area contributed by atoms with E-state index in [1.807, 2.05) is 12.1 Å². The molecule has 3 rings (SSSR count). The lowest BCUT2D eigenvalue weighted by molar-refractivity contribution is 0.0696. The molecule has 0 saturated carbocycles. The van der Waals surface area contributed by atoms with Crippen molar-refractivity contribution in [1.82, 2.24) is 0 Å². The molecule has 0 aliphatic carbocycles. The third kappa shape index (κ3) is 6.54. The molecule has 0 spiro atoms. The van der Waals surface area contributed by atoms with Gasteiger partial charge >= 0.3 is 5.97 Å². The summed E-state index contributed by atoms with van der Waals surface area (Å²) in [6.07, 6.45) is 2.06. The third-order valence-corrected chi connectivity index (χ3v) is 7.14. The highest BCUT2D eigenvalue weighted by Gasteiger charge is 2.25.